The van der Waals surface area contributed by atoms with Gasteiger partial charge in [0.05, 0.1) is 5.56 Å². The van der Waals surface area contributed by atoms with Crippen molar-refractivity contribution in [1.82, 2.24) is 0 Å². The summed E-state index contributed by atoms with van der Waals surface area (Å²) in [6.07, 6.45) is 0. The van der Waals surface area contributed by atoms with E-state index < -0.39 is 5.97 Å². The molecule has 0 saturated heterocycles. The summed E-state index contributed by atoms with van der Waals surface area (Å²) in [5.74, 6) is -1.000. The molecule has 2 aromatic rings. The largest absolute Gasteiger partial charge is 0.499 e. The third kappa shape index (κ3) is 1.38. The molecule has 0 unspecified atom stereocenters. The summed E-state index contributed by atoms with van der Waals surface area (Å²) in [4.78, 5) is 10.9. The SMILES string of the molecule is O=C(O)c1c(Br)ccc2sc(O)cc12. The molecule has 0 radical (unpaired) electrons. The second kappa shape index (κ2) is 3.25. The van der Waals surface area contributed by atoms with Crippen LogP contribution < -0.4 is 0 Å². The zero-order chi connectivity index (χ0) is 10.3. The summed E-state index contributed by atoms with van der Waals surface area (Å²) < 4.78 is 1.29. The lowest BCUT2D eigenvalue weighted by Gasteiger charge is -1.99. The molecule has 5 heteroatoms. The number of aromatic hydroxyl groups is 1. The molecule has 0 spiro atoms. The third-order valence-electron chi connectivity index (χ3n) is 1.85. The van der Waals surface area contributed by atoms with Crippen LogP contribution in [0.25, 0.3) is 10.1 Å². The van der Waals surface area contributed by atoms with Gasteiger partial charge in [0.25, 0.3) is 0 Å². The van der Waals surface area contributed by atoms with Gasteiger partial charge in [0, 0.05) is 20.6 Å². The van der Waals surface area contributed by atoms with Gasteiger partial charge in [0.2, 0.25) is 0 Å². The Bertz CT molecular complexity index is 518. The Balaban J connectivity index is 2.88. The Kier molecular flexibility index (Phi) is 2.20. The first kappa shape index (κ1) is 9.48. The van der Waals surface area contributed by atoms with E-state index in [1.807, 2.05) is 0 Å². The second-order valence-electron chi connectivity index (χ2n) is 2.72. The highest BCUT2D eigenvalue weighted by Crippen LogP contribution is 2.35. The Morgan fingerprint density at radius 3 is 2.79 bits per heavy atom. The summed E-state index contributed by atoms with van der Waals surface area (Å²) in [5.41, 5.74) is 0.194. The number of carboxylic acid groups (broad SMARTS) is 1. The molecule has 1 aromatic heterocycles. The van der Waals surface area contributed by atoms with Crippen LogP contribution in [0.4, 0.5) is 0 Å². The van der Waals surface area contributed by atoms with Crippen LogP contribution in [0.5, 0.6) is 5.06 Å². The van der Waals surface area contributed by atoms with E-state index in [1.54, 1.807) is 12.1 Å². The number of benzene rings is 1. The molecule has 0 amide bonds. The van der Waals surface area contributed by atoms with Crippen molar-refractivity contribution < 1.29 is 15.0 Å². The van der Waals surface area contributed by atoms with E-state index in [0.29, 0.717) is 9.86 Å². The molecule has 0 atom stereocenters. The standard InChI is InChI=1S/C9H5BrO3S/c10-5-1-2-6-4(3-7(11)14-6)8(5)9(12)13/h1-3,11H,(H,12,13). The van der Waals surface area contributed by atoms with Crippen LogP contribution in [0.3, 0.4) is 0 Å². The van der Waals surface area contributed by atoms with Crippen LogP contribution in [0.15, 0.2) is 22.7 Å². The van der Waals surface area contributed by atoms with Crippen LogP contribution in [-0.4, -0.2) is 16.2 Å². The number of halogens is 1. The van der Waals surface area contributed by atoms with E-state index >= 15 is 0 Å². The third-order valence-corrected chi connectivity index (χ3v) is 3.41. The molecule has 1 aromatic carbocycles. The molecule has 14 heavy (non-hydrogen) atoms. The number of hydrogen-bond acceptors (Lipinski definition) is 3. The second-order valence-corrected chi connectivity index (χ2v) is 4.64. The maximum atomic E-state index is 10.9. The van der Waals surface area contributed by atoms with Gasteiger partial charge in [-0.1, -0.05) is 11.3 Å². The van der Waals surface area contributed by atoms with Crippen molar-refractivity contribution >= 4 is 43.3 Å². The van der Waals surface area contributed by atoms with Crippen LogP contribution >= 0.6 is 27.3 Å². The molecule has 1 heterocycles. The van der Waals surface area contributed by atoms with Crippen molar-refractivity contribution in [2.24, 2.45) is 0 Å². The monoisotopic (exact) mass is 272 g/mol. The van der Waals surface area contributed by atoms with Gasteiger partial charge in [-0.3, -0.25) is 0 Å². The number of fused-ring (bicyclic) bond motifs is 1. The van der Waals surface area contributed by atoms with E-state index in [4.69, 9.17) is 5.11 Å². The summed E-state index contributed by atoms with van der Waals surface area (Å²) in [6.45, 7) is 0. The minimum Gasteiger partial charge on any atom is -0.499 e. The van der Waals surface area contributed by atoms with Gasteiger partial charge in [0.15, 0.2) is 5.06 Å². The van der Waals surface area contributed by atoms with Gasteiger partial charge >= 0.3 is 5.97 Å². The van der Waals surface area contributed by atoms with Crippen molar-refractivity contribution in [3.8, 4) is 5.06 Å². The van der Waals surface area contributed by atoms with Gasteiger partial charge in [-0.25, -0.2) is 4.79 Å². The summed E-state index contributed by atoms with van der Waals surface area (Å²) in [6, 6.07) is 4.91. The molecule has 2 rings (SSSR count). The fourth-order valence-electron chi connectivity index (χ4n) is 1.29. The number of thiophene rings is 1. The summed E-state index contributed by atoms with van der Waals surface area (Å²) in [5, 5.41) is 18.9. The van der Waals surface area contributed by atoms with Crippen molar-refractivity contribution in [2.75, 3.05) is 0 Å². The van der Waals surface area contributed by atoms with Crippen molar-refractivity contribution in [3.05, 3.63) is 28.2 Å². The Labute approximate surface area is 91.7 Å². The maximum Gasteiger partial charge on any atom is 0.337 e. The van der Waals surface area contributed by atoms with E-state index in [-0.39, 0.29) is 10.6 Å². The zero-order valence-corrected chi connectivity index (χ0v) is 9.22. The first-order valence-electron chi connectivity index (χ1n) is 3.74. The highest BCUT2D eigenvalue weighted by atomic mass is 79.9. The fourth-order valence-corrected chi connectivity index (χ4v) is 2.61. The molecule has 3 nitrogen and oxygen atoms in total. The fraction of sp³-hybridized carbons (Fsp3) is 0. The quantitative estimate of drug-likeness (QED) is 0.839. The minimum absolute atomic E-state index is 0.126. The van der Waals surface area contributed by atoms with Crippen molar-refractivity contribution in [1.29, 1.82) is 0 Å². The van der Waals surface area contributed by atoms with Gasteiger partial charge < -0.3 is 10.2 Å². The van der Waals surface area contributed by atoms with Crippen molar-refractivity contribution in [2.45, 2.75) is 0 Å². The highest BCUT2D eigenvalue weighted by Gasteiger charge is 2.14. The summed E-state index contributed by atoms with van der Waals surface area (Å²) in [7, 11) is 0. The molecule has 0 bridgehead atoms. The molecular weight excluding hydrogens is 268 g/mol. The molecule has 0 saturated carbocycles. The lowest BCUT2D eigenvalue weighted by molar-refractivity contribution is 0.0698. The number of carboxylic acids is 1. The average Bonchev–Trinajstić information content (AvgIpc) is 2.43. The molecule has 0 aliphatic rings. The highest BCUT2D eigenvalue weighted by molar-refractivity contribution is 9.10. The smallest absolute Gasteiger partial charge is 0.337 e. The van der Waals surface area contributed by atoms with Gasteiger partial charge in [-0.05, 0) is 28.1 Å². The van der Waals surface area contributed by atoms with Crippen LogP contribution in [0, 0.1) is 0 Å². The van der Waals surface area contributed by atoms with Crippen LogP contribution in [0.1, 0.15) is 10.4 Å². The molecule has 0 aliphatic carbocycles. The maximum absolute atomic E-state index is 10.9. The van der Waals surface area contributed by atoms with Crippen LogP contribution in [0.2, 0.25) is 0 Å². The number of rotatable bonds is 1. The molecule has 0 aliphatic heterocycles. The van der Waals surface area contributed by atoms with E-state index in [9.17, 15) is 9.90 Å². The first-order chi connectivity index (χ1) is 6.59. The topological polar surface area (TPSA) is 57.5 Å². The molecule has 2 N–H and O–H groups in total. The van der Waals surface area contributed by atoms with E-state index in [0.717, 1.165) is 16.0 Å². The average molecular weight is 273 g/mol. The van der Waals surface area contributed by atoms with Gasteiger partial charge in [-0.2, -0.15) is 0 Å². The van der Waals surface area contributed by atoms with E-state index in [2.05, 4.69) is 15.9 Å². The summed E-state index contributed by atoms with van der Waals surface area (Å²) >= 11 is 4.33. The molecule has 72 valence electrons. The molecular formula is C9H5BrO3S. The lowest BCUT2D eigenvalue weighted by Crippen LogP contribution is -1.97. The Morgan fingerprint density at radius 1 is 1.43 bits per heavy atom. The number of aromatic carboxylic acids is 1. The Morgan fingerprint density at radius 2 is 2.14 bits per heavy atom. The zero-order valence-electron chi connectivity index (χ0n) is 6.82. The van der Waals surface area contributed by atoms with E-state index in [1.165, 1.54) is 6.07 Å². The van der Waals surface area contributed by atoms with Crippen molar-refractivity contribution in [3.63, 3.8) is 0 Å². The predicted molar refractivity (Wildman–Crippen MR) is 58.1 cm³/mol. The van der Waals surface area contributed by atoms with Gasteiger partial charge in [0.1, 0.15) is 0 Å². The molecule has 0 fully saturated rings. The normalized spacial score (nSPS) is 10.6. The first-order valence-corrected chi connectivity index (χ1v) is 5.35. The van der Waals surface area contributed by atoms with Gasteiger partial charge in [-0.15, -0.1) is 0 Å². The predicted octanol–water partition coefficient (Wildman–Crippen LogP) is 3.07. The number of hydrogen-bond donors (Lipinski definition) is 2. The lowest BCUT2D eigenvalue weighted by atomic mass is 10.1. The van der Waals surface area contributed by atoms with Crippen LogP contribution in [-0.2, 0) is 0 Å². The Hall–Kier alpha value is -1.07. The minimum atomic E-state index is -1.000. The number of carbonyl (C=O) groups is 1.